The van der Waals surface area contributed by atoms with Gasteiger partial charge in [-0.05, 0) is 53.6 Å². The monoisotopic (exact) mass is 281 g/mol. The Balaban J connectivity index is 2.35. The van der Waals surface area contributed by atoms with Gasteiger partial charge in [-0.3, -0.25) is 0 Å². The Morgan fingerprint density at radius 1 is 0.947 bits per heavy atom. The van der Waals surface area contributed by atoms with Crippen LogP contribution in [-0.2, 0) is 0 Å². The lowest BCUT2D eigenvalue weighted by Crippen LogP contribution is -2.10. The van der Waals surface area contributed by atoms with E-state index in [-0.39, 0.29) is 17.6 Å². The third-order valence-electron chi connectivity index (χ3n) is 3.03. The molecule has 0 bridgehead atoms. The molecule has 0 amide bonds. The zero-order valence-corrected chi connectivity index (χ0v) is 11.0. The van der Waals surface area contributed by atoms with Crippen molar-refractivity contribution >= 4 is 11.8 Å². The summed E-state index contributed by atoms with van der Waals surface area (Å²) in [5.74, 6) is -0.673. The number of hydrogen-bond acceptors (Lipinski definition) is 1. The second kappa shape index (κ2) is 6.64. The first-order valence-electron chi connectivity index (χ1n) is 6.05. The van der Waals surface area contributed by atoms with E-state index in [0.717, 1.165) is 11.1 Å². The first kappa shape index (κ1) is 14.0. The van der Waals surface area contributed by atoms with Crippen LogP contribution in [0.15, 0.2) is 48.5 Å². The molecule has 0 radical (unpaired) electrons. The molecule has 0 fully saturated rings. The van der Waals surface area contributed by atoms with E-state index >= 15 is 0 Å². The van der Waals surface area contributed by atoms with Crippen LogP contribution in [0.1, 0.15) is 23.5 Å². The Morgan fingerprint density at radius 2 is 1.47 bits per heavy atom. The minimum atomic E-state index is -0.294. The van der Waals surface area contributed by atoms with Crippen molar-refractivity contribution in [2.24, 2.45) is 0 Å². The lowest BCUT2D eigenvalue weighted by atomic mass is 9.88. The molecule has 0 saturated carbocycles. The van der Waals surface area contributed by atoms with Crippen LogP contribution in [0.4, 0.5) is 8.78 Å². The Hall–Kier alpha value is -1.45. The summed E-state index contributed by atoms with van der Waals surface area (Å²) in [6, 6.07) is 12.7. The molecule has 100 valence electrons. The van der Waals surface area contributed by atoms with Crippen molar-refractivity contribution in [2.45, 2.75) is 12.3 Å². The topological polar surface area (TPSA) is 12.0 Å². The molecule has 1 nitrogen and oxygen atoms in total. The highest BCUT2D eigenvalue weighted by atomic mass is 35.5. The first-order valence-corrected chi connectivity index (χ1v) is 6.43. The van der Waals surface area contributed by atoms with E-state index in [1.165, 1.54) is 24.3 Å². The van der Waals surface area contributed by atoms with Gasteiger partial charge in [0.25, 0.3) is 0 Å². The molecule has 0 saturated heterocycles. The van der Waals surface area contributed by atoms with Crippen LogP contribution in [0.5, 0.6) is 0 Å². The van der Waals surface area contributed by atoms with E-state index in [2.05, 4.69) is 4.84 Å². The van der Waals surface area contributed by atoms with E-state index in [4.69, 9.17) is 11.8 Å². The van der Waals surface area contributed by atoms with Gasteiger partial charge in [-0.25, -0.2) is 13.6 Å². The molecule has 2 rings (SSSR count). The van der Waals surface area contributed by atoms with Crippen LogP contribution in [0.3, 0.4) is 0 Å². The molecule has 0 aromatic heterocycles. The van der Waals surface area contributed by atoms with Crippen LogP contribution >= 0.6 is 11.8 Å². The van der Waals surface area contributed by atoms with Crippen LogP contribution < -0.4 is 4.84 Å². The Labute approximate surface area is 116 Å². The standard InChI is InChI=1S/C15H14ClF2N/c16-19-8-7-15(11-3-1-5-13(17)9-11)12-4-2-6-14(18)10-12/h1-6,9-10,15,19H,7-8H2. The predicted octanol–water partition coefficient (Wildman–Crippen LogP) is 4.23. The summed E-state index contributed by atoms with van der Waals surface area (Å²) >= 11 is 5.48. The van der Waals surface area contributed by atoms with Crippen molar-refractivity contribution in [3.05, 3.63) is 71.3 Å². The molecule has 0 aliphatic rings. The maximum atomic E-state index is 13.3. The van der Waals surface area contributed by atoms with Gasteiger partial charge in [0.2, 0.25) is 0 Å². The van der Waals surface area contributed by atoms with E-state index in [9.17, 15) is 8.78 Å². The summed E-state index contributed by atoms with van der Waals surface area (Å²) in [6.07, 6.45) is 0.663. The number of rotatable bonds is 5. The Bertz CT molecular complexity index is 500. The van der Waals surface area contributed by atoms with Crippen molar-refractivity contribution < 1.29 is 8.78 Å². The van der Waals surface area contributed by atoms with Crippen molar-refractivity contribution in [1.29, 1.82) is 0 Å². The van der Waals surface area contributed by atoms with Gasteiger partial charge in [-0.1, -0.05) is 24.3 Å². The number of nitrogens with one attached hydrogen (secondary N) is 1. The molecule has 0 heterocycles. The third kappa shape index (κ3) is 3.75. The van der Waals surface area contributed by atoms with Crippen LogP contribution in [-0.4, -0.2) is 6.54 Å². The fourth-order valence-electron chi connectivity index (χ4n) is 2.17. The highest BCUT2D eigenvalue weighted by Crippen LogP contribution is 2.28. The average molecular weight is 282 g/mol. The quantitative estimate of drug-likeness (QED) is 0.809. The van der Waals surface area contributed by atoms with Crippen molar-refractivity contribution in [2.75, 3.05) is 6.54 Å². The van der Waals surface area contributed by atoms with E-state index in [1.807, 2.05) is 12.1 Å². The summed E-state index contributed by atoms with van der Waals surface area (Å²) in [5.41, 5.74) is 1.63. The third-order valence-corrected chi connectivity index (χ3v) is 3.22. The molecular formula is C15H14ClF2N. The molecule has 1 N–H and O–H groups in total. The zero-order valence-electron chi connectivity index (χ0n) is 10.2. The maximum absolute atomic E-state index is 13.3. The number of benzene rings is 2. The lowest BCUT2D eigenvalue weighted by molar-refractivity contribution is 0.612. The average Bonchev–Trinajstić information content (AvgIpc) is 2.39. The first-order chi connectivity index (χ1) is 9.20. The van der Waals surface area contributed by atoms with Gasteiger partial charge in [0.05, 0.1) is 0 Å². The largest absolute Gasteiger partial charge is 0.234 e. The van der Waals surface area contributed by atoms with Gasteiger partial charge in [0, 0.05) is 12.5 Å². The van der Waals surface area contributed by atoms with E-state index in [0.29, 0.717) is 13.0 Å². The summed E-state index contributed by atoms with van der Waals surface area (Å²) in [7, 11) is 0. The summed E-state index contributed by atoms with van der Waals surface area (Å²) in [6.45, 7) is 0.555. The second-order valence-electron chi connectivity index (χ2n) is 4.33. The highest BCUT2D eigenvalue weighted by molar-refractivity contribution is 6.13. The lowest BCUT2D eigenvalue weighted by Gasteiger charge is -2.17. The van der Waals surface area contributed by atoms with Gasteiger partial charge in [0.1, 0.15) is 11.6 Å². The van der Waals surface area contributed by atoms with Crippen LogP contribution in [0.2, 0.25) is 0 Å². The summed E-state index contributed by atoms with van der Waals surface area (Å²) in [5, 5.41) is 0. The molecule has 0 spiro atoms. The molecule has 4 heteroatoms. The Morgan fingerprint density at radius 3 is 1.89 bits per heavy atom. The van der Waals surface area contributed by atoms with Gasteiger partial charge < -0.3 is 0 Å². The molecule has 2 aromatic rings. The molecule has 0 aliphatic heterocycles. The van der Waals surface area contributed by atoms with Crippen LogP contribution in [0.25, 0.3) is 0 Å². The molecule has 19 heavy (non-hydrogen) atoms. The van der Waals surface area contributed by atoms with E-state index in [1.54, 1.807) is 12.1 Å². The predicted molar refractivity (Wildman–Crippen MR) is 73.1 cm³/mol. The smallest absolute Gasteiger partial charge is 0.123 e. The van der Waals surface area contributed by atoms with Crippen molar-refractivity contribution in [1.82, 2.24) is 4.84 Å². The summed E-state index contributed by atoms with van der Waals surface area (Å²) < 4.78 is 26.7. The molecule has 0 unspecified atom stereocenters. The minimum Gasteiger partial charge on any atom is -0.234 e. The highest BCUT2D eigenvalue weighted by Gasteiger charge is 2.15. The van der Waals surface area contributed by atoms with Crippen molar-refractivity contribution in [3.8, 4) is 0 Å². The molecule has 0 atom stereocenters. The SMILES string of the molecule is Fc1cccc(C(CCNCl)c2cccc(F)c2)c1. The minimum absolute atomic E-state index is 0.0855. The fourth-order valence-corrected chi connectivity index (χ4v) is 2.28. The van der Waals surface area contributed by atoms with Crippen LogP contribution in [0, 0.1) is 11.6 Å². The molecular weight excluding hydrogens is 268 g/mol. The van der Waals surface area contributed by atoms with Gasteiger partial charge in [0.15, 0.2) is 0 Å². The fraction of sp³-hybridized carbons (Fsp3) is 0.200. The van der Waals surface area contributed by atoms with Crippen molar-refractivity contribution in [3.63, 3.8) is 0 Å². The second-order valence-corrected chi connectivity index (χ2v) is 4.60. The normalized spacial score (nSPS) is 10.9. The summed E-state index contributed by atoms with van der Waals surface area (Å²) in [4.78, 5) is 2.55. The Kier molecular flexibility index (Phi) is 4.88. The van der Waals surface area contributed by atoms with Gasteiger partial charge in [-0.15, -0.1) is 0 Å². The number of hydrogen-bond donors (Lipinski definition) is 1. The van der Waals surface area contributed by atoms with E-state index < -0.39 is 0 Å². The maximum Gasteiger partial charge on any atom is 0.123 e. The van der Waals surface area contributed by atoms with Gasteiger partial charge >= 0.3 is 0 Å². The number of halogens is 3. The van der Waals surface area contributed by atoms with Gasteiger partial charge in [-0.2, -0.15) is 0 Å². The zero-order chi connectivity index (χ0) is 13.7. The molecule has 0 aliphatic carbocycles. The molecule has 2 aromatic carbocycles.